The maximum Gasteiger partial charge on any atom is 0.433 e. The normalized spacial score (nSPS) is 18.2. The molecule has 6 heteroatoms. The van der Waals surface area contributed by atoms with Gasteiger partial charge >= 0.3 is 6.18 Å². The van der Waals surface area contributed by atoms with E-state index in [1.54, 1.807) is 0 Å². The number of alkyl halides is 3. The molecule has 0 bridgehead atoms. The molecule has 0 saturated heterocycles. The van der Waals surface area contributed by atoms with Crippen LogP contribution in [-0.2, 0) is 6.18 Å². The molecule has 88 valence electrons. The molecule has 2 rings (SSSR count). The van der Waals surface area contributed by atoms with Crippen molar-refractivity contribution in [1.29, 1.82) is 0 Å². The van der Waals surface area contributed by atoms with Crippen molar-refractivity contribution in [3.8, 4) is 0 Å². The van der Waals surface area contributed by atoms with Gasteiger partial charge in [0.15, 0.2) is 0 Å². The lowest BCUT2D eigenvalue weighted by molar-refractivity contribution is -0.141. The molecule has 1 aliphatic rings. The van der Waals surface area contributed by atoms with Gasteiger partial charge in [0, 0.05) is 12.2 Å². The van der Waals surface area contributed by atoms with E-state index in [0.29, 0.717) is 5.92 Å². The van der Waals surface area contributed by atoms with Gasteiger partial charge in [0.2, 0.25) is 5.95 Å². The summed E-state index contributed by atoms with van der Waals surface area (Å²) < 4.78 is 37.1. The molecule has 1 heterocycles. The minimum absolute atomic E-state index is 0.0502. The van der Waals surface area contributed by atoms with Crippen molar-refractivity contribution in [2.45, 2.75) is 32.0 Å². The van der Waals surface area contributed by atoms with Crippen molar-refractivity contribution in [3.63, 3.8) is 0 Å². The highest BCUT2D eigenvalue weighted by Gasteiger charge is 2.33. The van der Waals surface area contributed by atoms with Crippen LogP contribution >= 0.6 is 0 Å². The predicted octanol–water partition coefficient (Wildman–Crippen LogP) is 2.71. The summed E-state index contributed by atoms with van der Waals surface area (Å²) in [5, 5.41) is 2.89. The third-order valence-corrected chi connectivity index (χ3v) is 2.63. The van der Waals surface area contributed by atoms with Gasteiger partial charge < -0.3 is 5.32 Å². The smallest absolute Gasteiger partial charge is 0.351 e. The van der Waals surface area contributed by atoms with Gasteiger partial charge in [-0.05, 0) is 31.7 Å². The lowest BCUT2D eigenvalue weighted by Crippen LogP contribution is -2.20. The van der Waals surface area contributed by atoms with E-state index in [9.17, 15) is 13.2 Å². The Kier molecular flexibility index (Phi) is 2.73. The van der Waals surface area contributed by atoms with Crippen molar-refractivity contribution in [2.24, 2.45) is 5.92 Å². The summed E-state index contributed by atoms with van der Waals surface area (Å²) >= 11 is 0. The second-order valence-corrected chi connectivity index (χ2v) is 4.03. The molecule has 1 aromatic heterocycles. The van der Waals surface area contributed by atoms with Crippen molar-refractivity contribution in [2.75, 3.05) is 5.32 Å². The lowest BCUT2D eigenvalue weighted by Gasteiger charge is -2.13. The van der Waals surface area contributed by atoms with Crippen LogP contribution in [0, 0.1) is 5.92 Å². The van der Waals surface area contributed by atoms with Crippen LogP contribution in [0.3, 0.4) is 0 Å². The first kappa shape index (κ1) is 11.2. The molecule has 0 radical (unpaired) electrons. The predicted molar refractivity (Wildman–Crippen MR) is 52.8 cm³/mol. The Morgan fingerprint density at radius 3 is 2.69 bits per heavy atom. The van der Waals surface area contributed by atoms with E-state index in [1.165, 1.54) is 0 Å². The SMILES string of the molecule is CC(Nc1nccc(C(F)(F)F)n1)C1CC1. The molecule has 1 aromatic rings. The van der Waals surface area contributed by atoms with Crippen LogP contribution in [-0.4, -0.2) is 16.0 Å². The number of hydrogen-bond donors (Lipinski definition) is 1. The molecule has 0 aromatic carbocycles. The Morgan fingerprint density at radius 2 is 2.12 bits per heavy atom. The molecular formula is C10H12F3N3. The number of hydrogen-bond acceptors (Lipinski definition) is 3. The third-order valence-electron chi connectivity index (χ3n) is 2.63. The largest absolute Gasteiger partial charge is 0.433 e. The number of halogens is 3. The minimum atomic E-state index is -4.41. The molecule has 0 spiro atoms. The van der Waals surface area contributed by atoms with Crippen LogP contribution < -0.4 is 5.32 Å². The van der Waals surface area contributed by atoms with Crippen molar-refractivity contribution in [1.82, 2.24) is 9.97 Å². The average Bonchev–Trinajstić information content (AvgIpc) is 2.99. The molecule has 1 fully saturated rings. The third kappa shape index (κ3) is 2.62. The van der Waals surface area contributed by atoms with E-state index in [4.69, 9.17) is 0 Å². The Labute approximate surface area is 91.1 Å². The van der Waals surface area contributed by atoms with Gasteiger partial charge in [-0.15, -0.1) is 0 Å². The van der Waals surface area contributed by atoms with Crippen LogP contribution in [0.15, 0.2) is 12.3 Å². The van der Waals surface area contributed by atoms with Crippen LogP contribution in [0.5, 0.6) is 0 Å². The highest BCUT2D eigenvalue weighted by atomic mass is 19.4. The number of nitrogens with zero attached hydrogens (tertiary/aromatic N) is 2. The molecule has 1 unspecified atom stereocenters. The van der Waals surface area contributed by atoms with Crippen molar-refractivity contribution in [3.05, 3.63) is 18.0 Å². The molecule has 16 heavy (non-hydrogen) atoms. The molecule has 0 amide bonds. The van der Waals surface area contributed by atoms with Crippen LogP contribution in [0.4, 0.5) is 19.1 Å². The first-order valence-electron chi connectivity index (χ1n) is 5.13. The van der Waals surface area contributed by atoms with Crippen LogP contribution in [0.25, 0.3) is 0 Å². The molecular weight excluding hydrogens is 219 g/mol. The number of rotatable bonds is 3. The van der Waals surface area contributed by atoms with E-state index < -0.39 is 11.9 Å². The Balaban J connectivity index is 2.09. The summed E-state index contributed by atoms with van der Waals surface area (Å²) in [6.45, 7) is 1.93. The topological polar surface area (TPSA) is 37.8 Å². The van der Waals surface area contributed by atoms with Gasteiger partial charge in [-0.25, -0.2) is 9.97 Å². The Bertz CT molecular complexity index is 374. The van der Waals surface area contributed by atoms with Gasteiger partial charge in [-0.1, -0.05) is 0 Å². The summed E-state index contributed by atoms with van der Waals surface area (Å²) in [5.74, 6) is 0.590. The molecule has 3 nitrogen and oxygen atoms in total. The molecule has 1 N–H and O–H groups in total. The van der Waals surface area contributed by atoms with Crippen molar-refractivity contribution < 1.29 is 13.2 Å². The summed E-state index contributed by atoms with van der Waals surface area (Å²) in [5.41, 5.74) is -0.909. The standard InChI is InChI=1S/C10H12F3N3/c1-6(7-2-3-7)15-9-14-5-4-8(16-9)10(11,12)13/h4-7H,2-3H2,1H3,(H,14,15,16). The zero-order valence-electron chi connectivity index (χ0n) is 8.75. The summed E-state index contributed by atoms with van der Waals surface area (Å²) in [6, 6.07) is 0.996. The van der Waals surface area contributed by atoms with Crippen LogP contribution in [0.1, 0.15) is 25.5 Å². The minimum Gasteiger partial charge on any atom is -0.351 e. The molecule has 1 atom stereocenters. The average molecular weight is 231 g/mol. The van der Waals surface area contributed by atoms with E-state index in [2.05, 4.69) is 15.3 Å². The number of nitrogens with one attached hydrogen (secondary N) is 1. The van der Waals surface area contributed by atoms with Crippen LogP contribution in [0.2, 0.25) is 0 Å². The molecule has 0 aliphatic heterocycles. The molecule has 1 aliphatic carbocycles. The van der Waals surface area contributed by atoms with Gasteiger partial charge in [0.1, 0.15) is 5.69 Å². The second-order valence-electron chi connectivity index (χ2n) is 4.03. The highest BCUT2D eigenvalue weighted by molar-refractivity contribution is 5.28. The van der Waals surface area contributed by atoms with E-state index in [1.807, 2.05) is 6.92 Å². The Hall–Kier alpha value is -1.33. The lowest BCUT2D eigenvalue weighted by atomic mass is 10.2. The summed E-state index contributed by atoms with van der Waals surface area (Å²) in [4.78, 5) is 7.23. The fraction of sp³-hybridized carbons (Fsp3) is 0.600. The zero-order chi connectivity index (χ0) is 11.8. The van der Waals surface area contributed by atoms with Gasteiger partial charge in [0.25, 0.3) is 0 Å². The quantitative estimate of drug-likeness (QED) is 0.869. The summed E-state index contributed by atoms with van der Waals surface area (Å²) in [7, 11) is 0. The first-order valence-corrected chi connectivity index (χ1v) is 5.13. The van der Waals surface area contributed by atoms with E-state index >= 15 is 0 Å². The number of aromatic nitrogens is 2. The first-order chi connectivity index (χ1) is 7.47. The second kappa shape index (κ2) is 3.92. The highest BCUT2D eigenvalue weighted by Crippen LogP contribution is 2.34. The molecule has 1 saturated carbocycles. The maximum absolute atomic E-state index is 12.4. The van der Waals surface area contributed by atoms with Crippen molar-refractivity contribution >= 4 is 5.95 Å². The monoisotopic (exact) mass is 231 g/mol. The zero-order valence-corrected chi connectivity index (χ0v) is 8.75. The fourth-order valence-corrected chi connectivity index (χ4v) is 1.50. The summed E-state index contributed by atoms with van der Waals surface area (Å²) in [6.07, 6.45) is -1.06. The van der Waals surface area contributed by atoms with Gasteiger partial charge in [-0.3, -0.25) is 0 Å². The van der Waals surface area contributed by atoms with E-state index in [-0.39, 0.29) is 12.0 Å². The van der Waals surface area contributed by atoms with E-state index in [0.717, 1.165) is 25.1 Å². The van der Waals surface area contributed by atoms with Gasteiger partial charge in [-0.2, -0.15) is 13.2 Å². The Morgan fingerprint density at radius 1 is 1.44 bits per heavy atom. The fourth-order valence-electron chi connectivity index (χ4n) is 1.50. The maximum atomic E-state index is 12.4. The number of anilines is 1. The van der Waals surface area contributed by atoms with Gasteiger partial charge in [0.05, 0.1) is 0 Å².